The zero-order valence-electron chi connectivity index (χ0n) is 12.6. The average molecular weight is 285 g/mol. The molecule has 1 N–H and O–H groups in total. The molecule has 0 radical (unpaired) electrons. The Bertz CT molecular complexity index is 551. The molecule has 5 heteroatoms. The number of piperidine rings is 1. The number of nitrogens with one attached hydrogen (secondary N) is 1. The van der Waals surface area contributed by atoms with Crippen molar-refractivity contribution in [3.63, 3.8) is 0 Å². The first kappa shape index (κ1) is 14.2. The van der Waals surface area contributed by atoms with E-state index in [1.807, 2.05) is 7.05 Å². The van der Waals surface area contributed by atoms with E-state index in [1.165, 1.54) is 24.9 Å². The largest absolute Gasteiger partial charge is 0.306 e. The second-order valence-corrected chi connectivity index (χ2v) is 5.78. The van der Waals surface area contributed by atoms with Crippen molar-refractivity contribution in [3.8, 4) is 0 Å². The van der Waals surface area contributed by atoms with Crippen LogP contribution in [0, 0.1) is 0 Å². The minimum absolute atomic E-state index is 0.534. The lowest BCUT2D eigenvalue weighted by Gasteiger charge is -2.33. The molecule has 1 atom stereocenters. The van der Waals surface area contributed by atoms with Crippen LogP contribution in [0.2, 0.25) is 0 Å². The second kappa shape index (κ2) is 6.83. The molecule has 2 aromatic rings. The van der Waals surface area contributed by atoms with E-state index in [1.54, 1.807) is 11.0 Å². The number of aryl methyl sites for hydroxylation is 1. The van der Waals surface area contributed by atoms with Crippen LogP contribution in [-0.4, -0.2) is 38.8 Å². The standard InChI is InChI=1S/C16H23N5/c1-20-13-18-16(19-20)10-17-15-8-5-9-21(12-15)11-14-6-3-2-4-7-14/h2-4,6-7,13,15,17H,5,8-12H2,1H3. The normalized spacial score (nSPS) is 19.8. The van der Waals surface area contributed by atoms with E-state index in [2.05, 4.69) is 50.6 Å². The first-order valence-corrected chi connectivity index (χ1v) is 7.64. The van der Waals surface area contributed by atoms with Gasteiger partial charge >= 0.3 is 0 Å². The van der Waals surface area contributed by atoms with Gasteiger partial charge in [0, 0.05) is 26.2 Å². The van der Waals surface area contributed by atoms with Crippen LogP contribution in [0.4, 0.5) is 0 Å². The summed E-state index contributed by atoms with van der Waals surface area (Å²) in [6, 6.07) is 11.2. The Kier molecular flexibility index (Phi) is 4.62. The van der Waals surface area contributed by atoms with Gasteiger partial charge < -0.3 is 5.32 Å². The molecule has 1 aliphatic heterocycles. The van der Waals surface area contributed by atoms with E-state index in [0.29, 0.717) is 6.04 Å². The summed E-state index contributed by atoms with van der Waals surface area (Å²) in [5, 5.41) is 7.90. The molecular formula is C16H23N5. The smallest absolute Gasteiger partial charge is 0.164 e. The lowest BCUT2D eigenvalue weighted by Crippen LogP contribution is -2.45. The van der Waals surface area contributed by atoms with Crippen molar-refractivity contribution in [2.24, 2.45) is 7.05 Å². The predicted octanol–water partition coefficient (Wildman–Crippen LogP) is 1.57. The lowest BCUT2D eigenvalue weighted by atomic mass is 10.0. The number of likely N-dealkylation sites (tertiary alicyclic amines) is 1. The maximum atomic E-state index is 4.31. The van der Waals surface area contributed by atoms with Gasteiger partial charge in [0.15, 0.2) is 5.82 Å². The van der Waals surface area contributed by atoms with Gasteiger partial charge in [-0.2, -0.15) is 5.10 Å². The van der Waals surface area contributed by atoms with Crippen molar-refractivity contribution in [1.29, 1.82) is 0 Å². The van der Waals surface area contributed by atoms with Crippen molar-refractivity contribution in [1.82, 2.24) is 25.0 Å². The van der Waals surface area contributed by atoms with Crippen LogP contribution in [0.5, 0.6) is 0 Å². The summed E-state index contributed by atoms with van der Waals surface area (Å²) < 4.78 is 1.75. The summed E-state index contributed by atoms with van der Waals surface area (Å²) in [6.45, 7) is 4.09. The molecule has 0 aliphatic carbocycles. The molecule has 1 fully saturated rings. The summed E-state index contributed by atoms with van der Waals surface area (Å²) >= 11 is 0. The maximum absolute atomic E-state index is 4.31. The summed E-state index contributed by atoms with van der Waals surface area (Å²) in [7, 11) is 1.90. The number of rotatable bonds is 5. The van der Waals surface area contributed by atoms with Crippen molar-refractivity contribution in [2.45, 2.75) is 32.0 Å². The molecule has 1 saturated heterocycles. The first-order valence-electron chi connectivity index (χ1n) is 7.64. The van der Waals surface area contributed by atoms with Crippen molar-refractivity contribution in [3.05, 3.63) is 48.0 Å². The number of aromatic nitrogens is 3. The Labute approximate surface area is 126 Å². The number of nitrogens with zero attached hydrogens (tertiary/aromatic N) is 4. The highest BCUT2D eigenvalue weighted by atomic mass is 15.3. The molecule has 1 aromatic carbocycles. The Morgan fingerprint density at radius 3 is 2.90 bits per heavy atom. The Balaban J connectivity index is 1.49. The van der Waals surface area contributed by atoms with Crippen LogP contribution in [-0.2, 0) is 20.1 Å². The van der Waals surface area contributed by atoms with E-state index in [4.69, 9.17) is 0 Å². The second-order valence-electron chi connectivity index (χ2n) is 5.78. The van der Waals surface area contributed by atoms with Crippen molar-refractivity contribution >= 4 is 0 Å². The maximum Gasteiger partial charge on any atom is 0.164 e. The number of hydrogen-bond donors (Lipinski definition) is 1. The molecule has 1 aromatic heterocycles. The highest BCUT2D eigenvalue weighted by Gasteiger charge is 2.19. The Morgan fingerprint density at radius 1 is 1.29 bits per heavy atom. The quantitative estimate of drug-likeness (QED) is 0.906. The monoisotopic (exact) mass is 285 g/mol. The van der Waals surface area contributed by atoms with Crippen LogP contribution >= 0.6 is 0 Å². The predicted molar refractivity (Wildman–Crippen MR) is 82.6 cm³/mol. The first-order chi connectivity index (χ1) is 10.3. The SMILES string of the molecule is Cn1cnc(CNC2CCCN(Cc3ccccc3)C2)n1. The summed E-state index contributed by atoms with van der Waals surface area (Å²) in [5.41, 5.74) is 1.39. The van der Waals surface area contributed by atoms with E-state index in [9.17, 15) is 0 Å². The third-order valence-electron chi connectivity index (χ3n) is 3.95. The molecule has 1 aliphatic rings. The minimum atomic E-state index is 0.534. The van der Waals surface area contributed by atoms with E-state index < -0.39 is 0 Å². The van der Waals surface area contributed by atoms with Gasteiger partial charge in [0.1, 0.15) is 6.33 Å². The van der Waals surface area contributed by atoms with Crippen LogP contribution in [0.3, 0.4) is 0 Å². The topological polar surface area (TPSA) is 46.0 Å². The highest BCUT2D eigenvalue weighted by Crippen LogP contribution is 2.14. The molecule has 3 rings (SSSR count). The van der Waals surface area contributed by atoms with Crippen LogP contribution in [0.25, 0.3) is 0 Å². The fourth-order valence-corrected chi connectivity index (χ4v) is 2.91. The molecule has 0 amide bonds. The van der Waals surface area contributed by atoms with Gasteiger partial charge in [-0.15, -0.1) is 0 Å². The molecule has 0 spiro atoms. The van der Waals surface area contributed by atoms with Crippen LogP contribution < -0.4 is 5.32 Å². The average Bonchev–Trinajstić information content (AvgIpc) is 2.92. The van der Waals surface area contributed by atoms with Gasteiger partial charge in [0.25, 0.3) is 0 Å². The fraction of sp³-hybridized carbons (Fsp3) is 0.500. The van der Waals surface area contributed by atoms with Gasteiger partial charge in [-0.25, -0.2) is 4.98 Å². The van der Waals surface area contributed by atoms with Crippen molar-refractivity contribution in [2.75, 3.05) is 13.1 Å². The van der Waals surface area contributed by atoms with E-state index in [-0.39, 0.29) is 0 Å². The summed E-state index contributed by atoms with van der Waals surface area (Å²) in [6.07, 6.45) is 4.23. The van der Waals surface area contributed by atoms with Crippen LogP contribution in [0.15, 0.2) is 36.7 Å². The molecule has 5 nitrogen and oxygen atoms in total. The van der Waals surface area contributed by atoms with Gasteiger partial charge in [-0.3, -0.25) is 9.58 Å². The molecule has 1 unspecified atom stereocenters. The highest BCUT2D eigenvalue weighted by molar-refractivity contribution is 5.14. The molecular weight excluding hydrogens is 262 g/mol. The van der Waals surface area contributed by atoms with Crippen LogP contribution in [0.1, 0.15) is 24.2 Å². The molecule has 0 saturated carbocycles. The van der Waals surface area contributed by atoms with E-state index in [0.717, 1.165) is 25.5 Å². The number of benzene rings is 1. The van der Waals surface area contributed by atoms with Gasteiger partial charge in [-0.1, -0.05) is 30.3 Å². The van der Waals surface area contributed by atoms with Gasteiger partial charge in [0.2, 0.25) is 0 Å². The zero-order chi connectivity index (χ0) is 14.5. The summed E-state index contributed by atoms with van der Waals surface area (Å²) in [4.78, 5) is 6.79. The Morgan fingerprint density at radius 2 is 2.14 bits per heavy atom. The number of hydrogen-bond acceptors (Lipinski definition) is 4. The Hall–Kier alpha value is -1.72. The third-order valence-corrected chi connectivity index (χ3v) is 3.95. The minimum Gasteiger partial charge on any atom is -0.306 e. The molecule has 21 heavy (non-hydrogen) atoms. The van der Waals surface area contributed by atoms with Crippen molar-refractivity contribution < 1.29 is 0 Å². The molecule has 112 valence electrons. The summed E-state index contributed by atoms with van der Waals surface area (Å²) in [5.74, 6) is 0.873. The lowest BCUT2D eigenvalue weighted by molar-refractivity contribution is 0.182. The van der Waals surface area contributed by atoms with Gasteiger partial charge in [0.05, 0.1) is 6.54 Å². The zero-order valence-corrected chi connectivity index (χ0v) is 12.6. The molecule has 0 bridgehead atoms. The fourth-order valence-electron chi connectivity index (χ4n) is 2.91. The molecule has 2 heterocycles. The van der Waals surface area contributed by atoms with E-state index >= 15 is 0 Å². The van der Waals surface area contributed by atoms with Gasteiger partial charge in [-0.05, 0) is 24.9 Å². The third kappa shape index (κ3) is 4.12.